The zero-order chi connectivity index (χ0) is 19.8. The van der Waals surface area contributed by atoms with Crippen molar-refractivity contribution in [3.8, 4) is 11.1 Å². The third kappa shape index (κ3) is 3.48. The second-order valence-corrected chi connectivity index (χ2v) is 7.42. The molecule has 0 saturated carbocycles. The summed E-state index contributed by atoms with van der Waals surface area (Å²) in [6.45, 7) is 1.88. The third-order valence-corrected chi connectivity index (χ3v) is 5.28. The first-order chi connectivity index (χ1) is 13.4. The third-order valence-electron chi connectivity index (χ3n) is 4.62. The average molecular weight is 415 g/mol. The number of benzene rings is 2. The summed E-state index contributed by atoms with van der Waals surface area (Å²) < 4.78 is 1.55. The van der Waals surface area contributed by atoms with Crippen LogP contribution >= 0.6 is 23.2 Å². The minimum absolute atomic E-state index is 0.0356. The first-order valence-electron chi connectivity index (χ1n) is 8.62. The van der Waals surface area contributed by atoms with E-state index in [1.54, 1.807) is 35.1 Å². The number of amides is 2. The molecule has 28 heavy (non-hydrogen) atoms. The predicted molar refractivity (Wildman–Crippen MR) is 110 cm³/mol. The monoisotopic (exact) mass is 414 g/mol. The van der Waals surface area contributed by atoms with Crippen molar-refractivity contribution in [1.29, 1.82) is 0 Å². The number of nitrogens with one attached hydrogen (secondary N) is 2. The van der Waals surface area contributed by atoms with Gasteiger partial charge in [-0.15, -0.1) is 0 Å². The van der Waals surface area contributed by atoms with E-state index >= 15 is 0 Å². The lowest BCUT2D eigenvalue weighted by molar-refractivity contribution is -0.123. The lowest BCUT2D eigenvalue weighted by Gasteiger charge is -2.10. The number of rotatable bonds is 4. The number of hydrogen-bond donors (Lipinski definition) is 2. The molecule has 1 atom stereocenters. The second-order valence-electron chi connectivity index (χ2n) is 6.58. The fourth-order valence-electron chi connectivity index (χ4n) is 3.11. The molecule has 2 N–H and O–H groups in total. The van der Waals surface area contributed by atoms with Crippen LogP contribution in [-0.2, 0) is 9.59 Å². The molecule has 2 heterocycles. The van der Waals surface area contributed by atoms with Gasteiger partial charge in [0.15, 0.2) is 0 Å². The molecule has 0 radical (unpaired) electrons. The quantitative estimate of drug-likeness (QED) is 0.649. The number of halogens is 2. The van der Waals surface area contributed by atoms with Crippen molar-refractivity contribution >= 4 is 46.5 Å². The first kappa shape index (κ1) is 18.5. The van der Waals surface area contributed by atoms with E-state index in [2.05, 4.69) is 15.7 Å². The molecule has 8 heteroatoms. The van der Waals surface area contributed by atoms with Gasteiger partial charge < -0.3 is 10.6 Å². The Hall–Kier alpha value is -2.83. The maximum absolute atomic E-state index is 12.4. The minimum Gasteiger partial charge on any atom is -0.326 e. The summed E-state index contributed by atoms with van der Waals surface area (Å²) in [7, 11) is 0. The Morgan fingerprint density at radius 3 is 2.68 bits per heavy atom. The Morgan fingerprint density at radius 1 is 1.21 bits per heavy atom. The van der Waals surface area contributed by atoms with E-state index in [1.165, 1.54) is 0 Å². The van der Waals surface area contributed by atoms with Crippen LogP contribution in [0.5, 0.6) is 0 Å². The van der Waals surface area contributed by atoms with E-state index in [1.807, 2.05) is 25.1 Å². The minimum atomic E-state index is -0.711. The molecular weight excluding hydrogens is 399 g/mol. The highest BCUT2D eigenvalue weighted by Gasteiger charge is 2.35. The molecule has 1 unspecified atom stereocenters. The summed E-state index contributed by atoms with van der Waals surface area (Å²) >= 11 is 12.0. The van der Waals surface area contributed by atoms with Crippen molar-refractivity contribution in [2.24, 2.45) is 0 Å². The standard InChI is InChI=1S/C20H16Cl2N4O2/c1-11-2-7-14(8-16(11)22)24-18(27)9-17-20(28)25-19-15(10-23-26(17)19)12-3-5-13(21)6-4-12/h2-8,10,17H,9H2,1H3,(H,24,27)(H,25,28). The number of carbonyl (C=O) groups excluding carboxylic acids is 2. The fraction of sp³-hybridized carbons (Fsp3) is 0.150. The Morgan fingerprint density at radius 2 is 1.96 bits per heavy atom. The molecule has 0 spiro atoms. The lowest BCUT2D eigenvalue weighted by Crippen LogP contribution is -2.23. The predicted octanol–water partition coefficient (Wildman–Crippen LogP) is 4.69. The summed E-state index contributed by atoms with van der Waals surface area (Å²) in [6.07, 6.45) is 1.63. The maximum atomic E-state index is 12.4. The van der Waals surface area contributed by atoms with Crippen LogP contribution in [0, 0.1) is 6.92 Å². The van der Waals surface area contributed by atoms with Crippen LogP contribution in [0.1, 0.15) is 18.0 Å². The SMILES string of the molecule is Cc1ccc(NC(=O)CC2C(=O)Nc3c(-c4ccc(Cl)cc4)cnn32)cc1Cl. The van der Waals surface area contributed by atoms with E-state index in [0.717, 1.165) is 16.7 Å². The highest BCUT2D eigenvalue weighted by Crippen LogP contribution is 2.36. The van der Waals surface area contributed by atoms with Crippen LogP contribution in [0.25, 0.3) is 11.1 Å². The van der Waals surface area contributed by atoms with Gasteiger partial charge in [0.05, 0.1) is 12.6 Å². The van der Waals surface area contributed by atoms with Gasteiger partial charge >= 0.3 is 0 Å². The summed E-state index contributed by atoms with van der Waals surface area (Å²) in [4.78, 5) is 24.9. The van der Waals surface area contributed by atoms with Gasteiger partial charge in [-0.25, -0.2) is 4.68 Å². The highest BCUT2D eigenvalue weighted by molar-refractivity contribution is 6.31. The number of hydrogen-bond acceptors (Lipinski definition) is 3. The molecule has 2 amide bonds. The van der Waals surface area contributed by atoms with E-state index in [4.69, 9.17) is 23.2 Å². The van der Waals surface area contributed by atoms with Crippen molar-refractivity contribution in [3.05, 3.63) is 64.3 Å². The lowest BCUT2D eigenvalue weighted by atomic mass is 10.1. The van der Waals surface area contributed by atoms with Crippen LogP contribution < -0.4 is 10.6 Å². The summed E-state index contributed by atoms with van der Waals surface area (Å²) in [5, 5.41) is 11.1. The number of fused-ring (bicyclic) bond motifs is 1. The summed E-state index contributed by atoms with van der Waals surface area (Å²) in [6, 6.07) is 11.8. The number of carbonyl (C=O) groups is 2. The smallest absolute Gasteiger partial charge is 0.251 e. The van der Waals surface area contributed by atoms with Crippen LogP contribution in [0.15, 0.2) is 48.7 Å². The molecule has 1 aromatic heterocycles. The normalized spacial score (nSPS) is 15.2. The van der Waals surface area contributed by atoms with Crippen LogP contribution in [0.3, 0.4) is 0 Å². The van der Waals surface area contributed by atoms with E-state index in [-0.39, 0.29) is 18.2 Å². The van der Waals surface area contributed by atoms with Crippen LogP contribution in [-0.4, -0.2) is 21.6 Å². The molecular formula is C20H16Cl2N4O2. The molecule has 4 rings (SSSR count). The molecule has 2 aromatic carbocycles. The molecule has 6 nitrogen and oxygen atoms in total. The topological polar surface area (TPSA) is 76.0 Å². The zero-order valence-electron chi connectivity index (χ0n) is 14.9. The Kier molecular flexibility index (Phi) is 4.83. The number of aryl methyl sites for hydroxylation is 1. The van der Waals surface area contributed by atoms with Crippen LogP contribution in [0.4, 0.5) is 11.5 Å². The van der Waals surface area contributed by atoms with Gasteiger partial charge in [0.1, 0.15) is 11.9 Å². The fourth-order valence-corrected chi connectivity index (χ4v) is 3.42. The first-order valence-corrected chi connectivity index (χ1v) is 9.38. The van der Waals surface area contributed by atoms with Crippen molar-refractivity contribution in [1.82, 2.24) is 9.78 Å². The average Bonchev–Trinajstić information content (AvgIpc) is 3.19. The van der Waals surface area contributed by atoms with Gasteiger partial charge in [0, 0.05) is 21.3 Å². The van der Waals surface area contributed by atoms with Gasteiger partial charge in [-0.2, -0.15) is 5.10 Å². The molecule has 1 aliphatic heterocycles. The van der Waals surface area contributed by atoms with Gasteiger partial charge in [-0.3, -0.25) is 9.59 Å². The van der Waals surface area contributed by atoms with E-state index in [0.29, 0.717) is 21.6 Å². The zero-order valence-corrected chi connectivity index (χ0v) is 16.4. The number of nitrogens with zero attached hydrogens (tertiary/aromatic N) is 2. The van der Waals surface area contributed by atoms with Crippen molar-refractivity contribution in [2.45, 2.75) is 19.4 Å². The molecule has 0 aliphatic carbocycles. The summed E-state index contributed by atoms with van der Waals surface area (Å²) in [5.74, 6) is 0.00960. The van der Waals surface area contributed by atoms with Gasteiger partial charge in [0.25, 0.3) is 5.91 Å². The Labute approximate surface area is 171 Å². The Balaban J connectivity index is 1.52. The molecule has 0 bridgehead atoms. The van der Waals surface area contributed by atoms with E-state index < -0.39 is 6.04 Å². The molecule has 3 aromatic rings. The molecule has 0 saturated heterocycles. The van der Waals surface area contributed by atoms with Crippen LogP contribution in [0.2, 0.25) is 10.0 Å². The number of anilines is 2. The number of aromatic nitrogens is 2. The van der Waals surface area contributed by atoms with Gasteiger partial charge in [-0.1, -0.05) is 41.4 Å². The van der Waals surface area contributed by atoms with Crippen molar-refractivity contribution in [2.75, 3.05) is 10.6 Å². The maximum Gasteiger partial charge on any atom is 0.251 e. The van der Waals surface area contributed by atoms with Gasteiger partial charge in [-0.05, 0) is 42.3 Å². The van der Waals surface area contributed by atoms with Crippen molar-refractivity contribution in [3.63, 3.8) is 0 Å². The van der Waals surface area contributed by atoms with E-state index in [9.17, 15) is 9.59 Å². The molecule has 142 valence electrons. The van der Waals surface area contributed by atoms with Crippen molar-refractivity contribution < 1.29 is 9.59 Å². The highest BCUT2D eigenvalue weighted by atomic mass is 35.5. The molecule has 1 aliphatic rings. The second kappa shape index (κ2) is 7.30. The molecule has 0 fully saturated rings. The largest absolute Gasteiger partial charge is 0.326 e. The summed E-state index contributed by atoms with van der Waals surface area (Å²) in [5.41, 5.74) is 3.16. The Bertz CT molecular complexity index is 1080. The van der Waals surface area contributed by atoms with Gasteiger partial charge in [0.2, 0.25) is 5.91 Å².